The molecular weight excluding hydrogens is 246 g/mol. The number of hydrogen-bond acceptors (Lipinski definition) is 3. The highest BCUT2D eigenvalue weighted by Crippen LogP contribution is 2.33. The first-order chi connectivity index (χ1) is 9.65. The Morgan fingerprint density at radius 2 is 2.10 bits per heavy atom. The minimum absolute atomic E-state index is 0.486. The third-order valence-electron chi connectivity index (χ3n) is 3.85. The molecule has 3 aliphatic heterocycles. The highest BCUT2D eigenvalue weighted by atomic mass is 15.4. The van der Waals surface area contributed by atoms with E-state index in [9.17, 15) is 0 Å². The van der Waals surface area contributed by atoms with Crippen molar-refractivity contribution in [3.8, 4) is 24.2 Å². The first kappa shape index (κ1) is 14.7. The van der Waals surface area contributed by atoms with Crippen LogP contribution in [0.25, 0.3) is 0 Å². The topological polar surface area (TPSA) is 18.8 Å². The maximum Gasteiger partial charge on any atom is 0.123 e. The van der Waals surface area contributed by atoms with Crippen LogP contribution in [0.3, 0.4) is 0 Å². The quantitative estimate of drug-likeness (QED) is 0.574. The average Bonchev–Trinajstić information content (AvgIpc) is 2.44. The van der Waals surface area contributed by atoms with Gasteiger partial charge < -0.3 is 4.90 Å². The van der Waals surface area contributed by atoms with E-state index in [-0.39, 0.29) is 0 Å². The molecule has 3 saturated heterocycles. The third kappa shape index (κ3) is 3.24. The van der Waals surface area contributed by atoms with E-state index >= 15 is 0 Å². The molecule has 0 amide bonds. The molecule has 2 atom stereocenters. The lowest BCUT2D eigenvalue weighted by molar-refractivity contribution is -0.0483. The number of nitrogens with zero attached hydrogens (tertiary/aromatic N) is 3. The summed E-state index contributed by atoms with van der Waals surface area (Å²) in [5, 5.41) is 0. The molecule has 0 spiro atoms. The van der Waals surface area contributed by atoms with Crippen molar-refractivity contribution in [2.24, 2.45) is 10.9 Å². The van der Waals surface area contributed by atoms with Crippen LogP contribution in [0.5, 0.6) is 0 Å². The molecule has 2 bridgehead atoms. The van der Waals surface area contributed by atoms with E-state index in [1.165, 1.54) is 6.42 Å². The van der Waals surface area contributed by atoms with Crippen molar-refractivity contribution in [1.82, 2.24) is 9.80 Å². The summed E-state index contributed by atoms with van der Waals surface area (Å²) >= 11 is 0. The van der Waals surface area contributed by atoms with E-state index in [4.69, 9.17) is 6.42 Å². The summed E-state index contributed by atoms with van der Waals surface area (Å²) in [5.74, 6) is 9.70. The molecule has 3 heteroatoms. The van der Waals surface area contributed by atoms with E-state index in [0.29, 0.717) is 18.0 Å². The number of hydrogen-bond donors (Lipinski definition) is 0. The average molecular weight is 269 g/mol. The number of piperazine rings is 1. The van der Waals surface area contributed by atoms with Crippen molar-refractivity contribution in [2.75, 3.05) is 19.6 Å². The maximum atomic E-state index is 5.15. The zero-order chi connectivity index (χ0) is 14.5. The van der Waals surface area contributed by atoms with Crippen LogP contribution in [-0.4, -0.2) is 47.7 Å². The summed E-state index contributed by atoms with van der Waals surface area (Å²) in [6.07, 6.45) is 10.6. The first-order valence-electron chi connectivity index (χ1n) is 7.30. The van der Waals surface area contributed by atoms with Gasteiger partial charge >= 0.3 is 0 Å². The molecule has 0 N–H and O–H groups in total. The fraction of sp³-hybridized carbons (Fsp3) is 0.588. The molecule has 3 rings (SSSR count). The smallest absolute Gasteiger partial charge is 0.123 e. The largest absolute Gasteiger partial charge is 0.354 e. The Kier molecular flexibility index (Phi) is 4.88. The molecule has 0 saturated carbocycles. The first-order valence-corrected chi connectivity index (χ1v) is 7.30. The van der Waals surface area contributed by atoms with Gasteiger partial charge in [0.2, 0.25) is 0 Å². The molecule has 0 aromatic rings. The monoisotopic (exact) mass is 269 g/mol. The lowest BCUT2D eigenvalue weighted by Crippen LogP contribution is -2.68. The van der Waals surface area contributed by atoms with Crippen molar-refractivity contribution in [3.05, 3.63) is 11.9 Å². The van der Waals surface area contributed by atoms with Crippen molar-refractivity contribution in [1.29, 1.82) is 0 Å². The molecule has 0 aliphatic carbocycles. The maximum absolute atomic E-state index is 5.15. The van der Waals surface area contributed by atoms with Gasteiger partial charge in [0.25, 0.3) is 0 Å². The number of allylic oxidation sites excluding steroid dienone is 1. The molecule has 0 aromatic heterocycles. The number of rotatable bonds is 4. The van der Waals surface area contributed by atoms with Gasteiger partial charge in [-0.25, -0.2) is 4.99 Å². The molecule has 2 unspecified atom stereocenters. The summed E-state index contributed by atoms with van der Waals surface area (Å²) in [7, 11) is 0. The molecule has 3 fully saturated rings. The minimum Gasteiger partial charge on any atom is -0.354 e. The lowest BCUT2D eigenvalue weighted by atomic mass is 9.87. The summed E-state index contributed by atoms with van der Waals surface area (Å²) < 4.78 is 0. The second-order valence-corrected chi connectivity index (χ2v) is 5.74. The van der Waals surface area contributed by atoms with E-state index in [1.807, 2.05) is 6.21 Å². The second kappa shape index (κ2) is 6.64. The summed E-state index contributed by atoms with van der Waals surface area (Å²) in [5.41, 5.74) is 0. The molecule has 3 heterocycles. The van der Waals surface area contributed by atoms with Crippen LogP contribution in [-0.2, 0) is 0 Å². The molecule has 106 valence electrons. The van der Waals surface area contributed by atoms with Crippen LogP contribution in [0.15, 0.2) is 16.9 Å². The fourth-order valence-electron chi connectivity index (χ4n) is 2.88. The van der Waals surface area contributed by atoms with Crippen LogP contribution >= 0.6 is 0 Å². The van der Waals surface area contributed by atoms with Crippen molar-refractivity contribution in [3.63, 3.8) is 0 Å². The standard InChI is InChI=1S/C17H23N3/c1-5-7-8-9-20-15-10-16(20)13-19(12-15)17(6-2)18-11-14(3)4/h1,6,11,14-16H,9-10,12-13H2,2-4H3/b17-6+,18-11?. The lowest BCUT2D eigenvalue weighted by Gasteiger charge is -2.56. The number of aliphatic imine (C=N–C) groups is 1. The highest BCUT2D eigenvalue weighted by molar-refractivity contribution is 5.61. The van der Waals surface area contributed by atoms with Crippen molar-refractivity contribution >= 4 is 6.21 Å². The van der Waals surface area contributed by atoms with E-state index in [2.05, 4.69) is 59.4 Å². The Hall–Kier alpha value is -1.71. The molecule has 3 nitrogen and oxygen atoms in total. The SMILES string of the molecule is C#CC#CCN1C2CC1CN(/C(=C/C)N=CC(C)C)C2. The Morgan fingerprint density at radius 3 is 2.65 bits per heavy atom. The zero-order valence-electron chi connectivity index (χ0n) is 12.6. The van der Waals surface area contributed by atoms with Gasteiger partial charge in [-0.2, -0.15) is 0 Å². The molecule has 0 aromatic carbocycles. The van der Waals surface area contributed by atoms with E-state index in [0.717, 1.165) is 25.5 Å². The van der Waals surface area contributed by atoms with Gasteiger partial charge in [-0.15, -0.1) is 6.42 Å². The van der Waals surface area contributed by atoms with Crippen LogP contribution in [0.2, 0.25) is 0 Å². The minimum atomic E-state index is 0.486. The Balaban J connectivity index is 1.93. The van der Waals surface area contributed by atoms with Gasteiger partial charge in [-0.3, -0.25) is 4.90 Å². The van der Waals surface area contributed by atoms with Crippen LogP contribution in [0, 0.1) is 30.1 Å². The van der Waals surface area contributed by atoms with E-state index < -0.39 is 0 Å². The summed E-state index contributed by atoms with van der Waals surface area (Å²) in [4.78, 5) is 9.46. The second-order valence-electron chi connectivity index (χ2n) is 5.74. The van der Waals surface area contributed by atoms with Gasteiger partial charge in [0.15, 0.2) is 0 Å². The fourth-order valence-corrected chi connectivity index (χ4v) is 2.88. The molecular formula is C17H23N3. The predicted molar refractivity (Wildman–Crippen MR) is 84.2 cm³/mol. The normalized spacial score (nSPS) is 26.1. The van der Waals surface area contributed by atoms with Gasteiger partial charge in [0.1, 0.15) is 5.82 Å². The third-order valence-corrected chi connectivity index (χ3v) is 3.85. The highest BCUT2D eigenvalue weighted by Gasteiger charge is 2.44. The van der Waals surface area contributed by atoms with Gasteiger partial charge in [0, 0.05) is 31.4 Å². The van der Waals surface area contributed by atoms with Crippen molar-refractivity contribution < 1.29 is 0 Å². The molecule has 0 radical (unpaired) electrons. The van der Waals surface area contributed by atoms with Crippen LogP contribution in [0.1, 0.15) is 27.2 Å². The number of fused-ring (bicyclic) bond motifs is 2. The predicted octanol–water partition coefficient (Wildman–Crippen LogP) is 1.97. The number of terminal acetylenes is 1. The van der Waals surface area contributed by atoms with Crippen molar-refractivity contribution in [2.45, 2.75) is 39.3 Å². The van der Waals surface area contributed by atoms with Crippen LogP contribution in [0.4, 0.5) is 0 Å². The van der Waals surface area contributed by atoms with Gasteiger partial charge in [0.05, 0.1) is 6.54 Å². The summed E-state index contributed by atoms with van der Waals surface area (Å²) in [6.45, 7) is 9.25. The Labute approximate surface area is 122 Å². The molecule has 3 aliphatic rings. The molecule has 20 heavy (non-hydrogen) atoms. The Morgan fingerprint density at radius 1 is 1.40 bits per heavy atom. The van der Waals surface area contributed by atoms with Crippen LogP contribution < -0.4 is 0 Å². The summed E-state index contributed by atoms with van der Waals surface area (Å²) in [6, 6.07) is 1.20. The van der Waals surface area contributed by atoms with E-state index in [1.54, 1.807) is 0 Å². The zero-order valence-corrected chi connectivity index (χ0v) is 12.6. The van der Waals surface area contributed by atoms with Gasteiger partial charge in [-0.1, -0.05) is 19.8 Å². The Bertz CT molecular complexity index is 487. The van der Waals surface area contributed by atoms with Gasteiger partial charge in [-0.05, 0) is 37.2 Å². The number of piperidine rings is 1.